The molecule has 1 aromatic heterocycles. The van der Waals surface area contributed by atoms with Crippen LogP contribution < -0.4 is 16.0 Å². The van der Waals surface area contributed by atoms with E-state index >= 15 is 0 Å². The average molecular weight is 533 g/mol. The Kier molecular flexibility index (Phi) is 9.24. The molecular weight excluding hydrogens is 492 g/mol. The number of benzene rings is 2. The number of rotatable bonds is 10. The van der Waals surface area contributed by atoms with Crippen LogP contribution in [0.3, 0.4) is 0 Å². The third kappa shape index (κ3) is 7.17. The summed E-state index contributed by atoms with van der Waals surface area (Å²) in [5.74, 6) is -0.333. The molecule has 1 aliphatic rings. The Morgan fingerprint density at radius 3 is 2.38 bits per heavy atom. The summed E-state index contributed by atoms with van der Waals surface area (Å²) in [6, 6.07) is 18.8. The molecule has 1 saturated heterocycles. The van der Waals surface area contributed by atoms with Crippen LogP contribution in [-0.2, 0) is 9.53 Å². The van der Waals surface area contributed by atoms with Gasteiger partial charge in [0.25, 0.3) is 5.91 Å². The predicted octanol–water partition coefficient (Wildman–Crippen LogP) is 4.03. The number of amides is 2. The average Bonchev–Trinajstić information content (AvgIpc) is 2.93. The summed E-state index contributed by atoms with van der Waals surface area (Å²) >= 11 is 0. The molecule has 2 amide bonds. The standard InChI is InChI=1S/C30H40N6O3/c1-21(2)28(39-30(31)38)29(37)36-18-16-35(17-19-36)23-12-10-22(11-13-23)26-20-27(32-14-7-15-34(3)4)24-8-5-6-9-25(24)33-26/h5-6,8-13,20-21,28H,7,14-19H2,1-4H3,(H2,31,38)(H,32,33). The van der Waals surface area contributed by atoms with Gasteiger partial charge >= 0.3 is 6.09 Å². The first-order valence-electron chi connectivity index (χ1n) is 13.6. The lowest BCUT2D eigenvalue weighted by atomic mass is 10.1. The maximum absolute atomic E-state index is 12.9. The van der Waals surface area contributed by atoms with Gasteiger partial charge in [0.05, 0.1) is 11.2 Å². The molecule has 0 saturated carbocycles. The van der Waals surface area contributed by atoms with E-state index in [0.29, 0.717) is 26.2 Å². The second-order valence-corrected chi connectivity index (χ2v) is 10.6. The van der Waals surface area contributed by atoms with E-state index < -0.39 is 12.2 Å². The summed E-state index contributed by atoms with van der Waals surface area (Å²) in [6.45, 7) is 8.12. The summed E-state index contributed by atoms with van der Waals surface area (Å²) in [5, 5.41) is 4.73. The molecule has 3 aromatic rings. The largest absolute Gasteiger partial charge is 0.436 e. The molecule has 1 atom stereocenters. The lowest BCUT2D eigenvalue weighted by molar-refractivity contribution is -0.142. The van der Waals surface area contributed by atoms with E-state index in [-0.39, 0.29) is 11.8 Å². The van der Waals surface area contributed by atoms with Gasteiger partial charge in [0, 0.05) is 55.0 Å². The van der Waals surface area contributed by atoms with Crippen molar-refractivity contribution in [1.29, 1.82) is 0 Å². The molecule has 208 valence electrons. The molecule has 39 heavy (non-hydrogen) atoms. The van der Waals surface area contributed by atoms with Gasteiger partial charge in [0.1, 0.15) is 0 Å². The quantitative estimate of drug-likeness (QED) is 0.380. The van der Waals surface area contributed by atoms with Crippen LogP contribution in [0, 0.1) is 5.92 Å². The predicted molar refractivity (Wildman–Crippen MR) is 157 cm³/mol. The van der Waals surface area contributed by atoms with Crippen molar-refractivity contribution in [3.05, 3.63) is 54.6 Å². The molecule has 0 aliphatic carbocycles. The lowest BCUT2D eigenvalue weighted by Gasteiger charge is -2.37. The molecule has 2 aromatic carbocycles. The van der Waals surface area contributed by atoms with Gasteiger partial charge in [-0.25, -0.2) is 9.78 Å². The normalized spacial score (nSPS) is 14.6. The van der Waals surface area contributed by atoms with E-state index in [0.717, 1.165) is 53.0 Å². The van der Waals surface area contributed by atoms with Crippen molar-refractivity contribution in [3.8, 4) is 11.3 Å². The number of ether oxygens (including phenoxy) is 1. The summed E-state index contributed by atoms with van der Waals surface area (Å²) < 4.78 is 5.09. The number of hydrogen-bond acceptors (Lipinski definition) is 7. The molecule has 1 unspecified atom stereocenters. The summed E-state index contributed by atoms with van der Waals surface area (Å²) in [6.07, 6.45) is -0.716. The number of nitrogens with zero attached hydrogens (tertiary/aromatic N) is 4. The van der Waals surface area contributed by atoms with Crippen molar-refractivity contribution in [2.75, 3.05) is 63.6 Å². The van der Waals surface area contributed by atoms with Crippen LogP contribution >= 0.6 is 0 Å². The van der Waals surface area contributed by atoms with Crippen LogP contribution in [0.4, 0.5) is 16.2 Å². The van der Waals surface area contributed by atoms with E-state index in [9.17, 15) is 9.59 Å². The number of pyridine rings is 1. The summed E-state index contributed by atoms with van der Waals surface area (Å²) in [7, 11) is 4.18. The van der Waals surface area contributed by atoms with Crippen LogP contribution in [-0.4, -0.2) is 86.3 Å². The van der Waals surface area contributed by atoms with Crippen molar-refractivity contribution in [1.82, 2.24) is 14.8 Å². The van der Waals surface area contributed by atoms with Crippen LogP contribution in [0.15, 0.2) is 54.6 Å². The first kappa shape index (κ1) is 28.2. The SMILES string of the molecule is CC(C)C(OC(N)=O)C(=O)N1CCN(c2ccc(-c3cc(NCCCN(C)C)c4ccccc4n3)cc2)CC1. The Morgan fingerprint density at radius 1 is 1.05 bits per heavy atom. The first-order valence-corrected chi connectivity index (χ1v) is 13.6. The zero-order chi connectivity index (χ0) is 27.9. The maximum atomic E-state index is 12.9. The van der Waals surface area contributed by atoms with Gasteiger partial charge in [0.2, 0.25) is 0 Å². The highest BCUT2D eigenvalue weighted by molar-refractivity contribution is 5.93. The fourth-order valence-electron chi connectivity index (χ4n) is 4.89. The van der Waals surface area contributed by atoms with Crippen LogP contribution in [0.5, 0.6) is 0 Å². The number of carbonyl (C=O) groups excluding carboxylic acids is 2. The van der Waals surface area contributed by atoms with Crippen LogP contribution in [0.25, 0.3) is 22.2 Å². The van der Waals surface area contributed by atoms with Gasteiger partial charge < -0.3 is 30.5 Å². The molecule has 9 heteroatoms. The monoisotopic (exact) mass is 532 g/mol. The van der Waals surface area contributed by atoms with Crippen molar-refractivity contribution < 1.29 is 14.3 Å². The first-order chi connectivity index (χ1) is 18.7. The number of nitrogens with two attached hydrogens (primary N) is 1. The van der Waals surface area contributed by atoms with Gasteiger partial charge in [-0.15, -0.1) is 0 Å². The minimum atomic E-state index is -0.922. The molecule has 0 radical (unpaired) electrons. The number of fused-ring (bicyclic) bond motifs is 1. The fraction of sp³-hybridized carbons (Fsp3) is 0.433. The molecule has 0 bridgehead atoms. The number of anilines is 2. The van der Waals surface area contributed by atoms with Crippen molar-refractivity contribution in [2.24, 2.45) is 11.7 Å². The highest BCUT2D eigenvalue weighted by atomic mass is 16.6. The Bertz CT molecular complexity index is 1270. The van der Waals surface area contributed by atoms with Gasteiger partial charge in [-0.2, -0.15) is 0 Å². The van der Waals surface area contributed by atoms with E-state index in [1.165, 1.54) is 0 Å². The van der Waals surface area contributed by atoms with E-state index in [4.69, 9.17) is 15.5 Å². The Morgan fingerprint density at radius 2 is 1.74 bits per heavy atom. The highest BCUT2D eigenvalue weighted by Crippen LogP contribution is 2.30. The van der Waals surface area contributed by atoms with Crippen molar-refractivity contribution in [2.45, 2.75) is 26.4 Å². The third-order valence-corrected chi connectivity index (χ3v) is 7.03. The Hall–Kier alpha value is -3.85. The number of piperazine rings is 1. The number of hydrogen-bond donors (Lipinski definition) is 2. The Balaban J connectivity index is 1.43. The fourth-order valence-corrected chi connectivity index (χ4v) is 4.89. The molecule has 2 heterocycles. The molecule has 1 aliphatic heterocycles. The molecule has 0 spiro atoms. The second-order valence-electron chi connectivity index (χ2n) is 10.6. The van der Waals surface area contributed by atoms with Gasteiger partial charge in [-0.3, -0.25) is 4.79 Å². The molecule has 4 rings (SSSR count). The van der Waals surface area contributed by atoms with Crippen LogP contribution in [0.1, 0.15) is 20.3 Å². The van der Waals surface area contributed by atoms with Crippen molar-refractivity contribution in [3.63, 3.8) is 0 Å². The molecule has 9 nitrogen and oxygen atoms in total. The number of primary amides is 1. The topological polar surface area (TPSA) is 104 Å². The highest BCUT2D eigenvalue weighted by Gasteiger charge is 2.32. The number of para-hydroxylation sites is 1. The Labute approximate surface area is 230 Å². The van der Waals surface area contributed by atoms with Gasteiger partial charge in [-0.05, 0) is 57.2 Å². The molecular formula is C30H40N6O3. The zero-order valence-corrected chi connectivity index (χ0v) is 23.4. The van der Waals surface area contributed by atoms with Crippen molar-refractivity contribution >= 4 is 34.3 Å². The third-order valence-electron chi connectivity index (χ3n) is 7.03. The van der Waals surface area contributed by atoms with E-state index in [1.807, 2.05) is 26.0 Å². The second kappa shape index (κ2) is 12.8. The van der Waals surface area contributed by atoms with E-state index in [1.54, 1.807) is 4.90 Å². The summed E-state index contributed by atoms with van der Waals surface area (Å²) in [5.41, 5.74) is 10.3. The summed E-state index contributed by atoms with van der Waals surface area (Å²) in [4.78, 5) is 35.3. The number of aromatic nitrogens is 1. The zero-order valence-electron chi connectivity index (χ0n) is 23.4. The minimum Gasteiger partial charge on any atom is -0.436 e. The molecule has 1 fully saturated rings. The van der Waals surface area contributed by atoms with Gasteiger partial charge in [0.15, 0.2) is 6.10 Å². The number of carbonyl (C=O) groups is 2. The van der Waals surface area contributed by atoms with E-state index in [2.05, 4.69) is 71.7 Å². The lowest BCUT2D eigenvalue weighted by Crippen LogP contribution is -2.53. The maximum Gasteiger partial charge on any atom is 0.405 e. The van der Waals surface area contributed by atoms with Crippen LogP contribution in [0.2, 0.25) is 0 Å². The van der Waals surface area contributed by atoms with Gasteiger partial charge in [-0.1, -0.05) is 44.2 Å². The minimum absolute atomic E-state index is 0.145. The number of nitrogens with one attached hydrogen (secondary N) is 1. The molecule has 3 N–H and O–H groups in total. The smallest absolute Gasteiger partial charge is 0.405 e.